The monoisotopic (exact) mass is 378 g/mol. The molecule has 0 aliphatic rings. The van der Waals surface area contributed by atoms with Crippen LogP contribution in [0.1, 0.15) is 25.8 Å². The number of nitrogens with one attached hydrogen (secondary N) is 1. The average Bonchev–Trinajstić information content (AvgIpc) is 2.53. The molecule has 0 saturated carbocycles. The Kier molecular flexibility index (Phi) is 7.18. The fourth-order valence-electron chi connectivity index (χ4n) is 2.04. The van der Waals surface area contributed by atoms with Crippen molar-refractivity contribution < 1.29 is 26.4 Å². The van der Waals surface area contributed by atoms with E-state index in [9.17, 15) is 26.4 Å². The summed E-state index contributed by atoms with van der Waals surface area (Å²) in [7, 11) is -4.53. The molecule has 0 bridgehead atoms. The van der Waals surface area contributed by atoms with Gasteiger partial charge < -0.3 is 5.32 Å². The number of nitrogens with zero attached hydrogens (tertiary/aromatic N) is 1. The maximum Gasteiger partial charge on any atom is 0.417 e. The van der Waals surface area contributed by atoms with Gasteiger partial charge in [-0.25, -0.2) is 8.42 Å². The molecule has 0 aliphatic carbocycles. The highest BCUT2D eigenvalue weighted by molar-refractivity contribution is 7.89. The molecule has 1 aromatic rings. The van der Waals surface area contributed by atoms with E-state index in [1.807, 2.05) is 6.92 Å². The fourth-order valence-corrected chi connectivity index (χ4v) is 3.62. The third kappa shape index (κ3) is 5.57. The molecular formula is C16H21F3N2O3S. The highest BCUT2D eigenvalue weighted by Crippen LogP contribution is 2.35. The van der Waals surface area contributed by atoms with Crippen molar-refractivity contribution in [2.45, 2.75) is 37.4 Å². The van der Waals surface area contributed by atoms with Crippen LogP contribution < -0.4 is 5.32 Å². The first kappa shape index (κ1) is 21.2. The smallest absolute Gasteiger partial charge is 0.353 e. The first-order chi connectivity index (χ1) is 11.5. The lowest BCUT2D eigenvalue weighted by Gasteiger charge is -2.23. The number of hydrogen-bond donors (Lipinski definition) is 1. The summed E-state index contributed by atoms with van der Waals surface area (Å²) in [5.41, 5.74) is -1.27. The second kappa shape index (κ2) is 8.48. The maximum atomic E-state index is 13.1. The van der Waals surface area contributed by atoms with Gasteiger partial charge in [-0.05, 0) is 25.5 Å². The summed E-state index contributed by atoms with van der Waals surface area (Å²) in [4.78, 5) is 11.1. The molecular weight excluding hydrogens is 357 g/mol. The van der Waals surface area contributed by atoms with Gasteiger partial charge in [0.1, 0.15) is 0 Å². The van der Waals surface area contributed by atoms with Gasteiger partial charge in [0.05, 0.1) is 17.0 Å². The van der Waals surface area contributed by atoms with Gasteiger partial charge in [0.2, 0.25) is 15.9 Å². The Labute approximate surface area is 145 Å². The van der Waals surface area contributed by atoms with Gasteiger partial charge in [-0.1, -0.05) is 25.1 Å². The maximum absolute atomic E-state index is 13.1. The molecule has 5 nitrogen and oxygen atoms in total. The van der Waals surface area contributed by atoms with Gasteiger partial charge >= 0.3 is 6.18 Å². The number of sulfonamides is 1. The van der Waals surface area contributed by atoms with E-state index >= 15 is 0 Å². The van der Waals surface area contributed by atoms with E-state index < -0.39 is 39.1 Å². The highest BCUT2D eigenvalue weighted by atomic mass is 32.2. The van der Waals surface area contributed by atoms with E-state index in [1.165, 1.54) is 12.1 Å². The predicted molar refractivity (Wildman–Crippen MR) is 88.3 cm³/mol. The standard InChI is InChI=1S/C16H21F3N2O3S/c1-4-10-21(11-15(22)20-12(3)5-2)25(23,24)14-9-7-6-8-13(14)16(17,18)19/h4,6-9,12H,1,5,10-11H2,2-3H3,(H,20,22). The van der Waals surface area contributed by atoms with E-state index in [-0.39, 0.29) is 12.6 Å². The summed E-state index contributed by atoms with van der Waals surface area (Å²) in [6.45, 7) is 6.10. The normalized spacial score (nSPS) is 13.5. The van der Waals surface area contributed by atoms with E-state index in [2.05, 4.69) is 11.9 Å². The number of hydrogen-bond acceptors (Lipinski definition) is 3. The van der Waals surface area contributed by atoms with Crippen LogP contribution in [0.2, 0.25) is 0 Å². The molecule has 1 N–H and O–H groups in total. The second-order valence-corrected chi connectivity index (χ2v) is 7.36. The lowest BCUT2D eigenvalue weighted by Crippen LogP contribution is -2.43. The summed E-state index contributed by atoms with van der Waals surface area (Å²) < 4.78 is 65.4. The summed E-state index contributed by atoms with van der Waals surface area (Å²) in [5, 5.41) is 2.59. The minimum absolute atomic E-state index is 0.178. The zero-order chi connectivity index (χ0) is 19.3. The topological polar surface area (TPSA) is 66.5 Å². The van der Waals surface area contributed by atoms with Crippen LogP contribution in [0, 0.1) is 0 Å². The second-order valence-electron chi connectivity index (χ2n) is 5.46. The number of benzene rings is 1. The quantitative estimate of drug-likeness (QED) is 0.708. The zero-order valence-electron chi connectivity index (χ0n) is 14.0. The molecule has 0 spiro atoms. The molecule has 0 aliphatic heterocycles. The van der Waals surface area contributed by atoms with Crippen molar-refractivity contribution in [3.63, 3.8) is 0 Å². The first-order valence-corrected chi connectivity index (χ1v) is 9.04. The van der Waals surface area contributed by atoms with Crippen LogP contribution >= 0.6 is 0 Å². The summed E-state index contributed by atoms with van der Waals surface area (Å²) >= 11 is 0. The van der Waals surface area contributed by atoms with E-state index in [1.54, 1.807) is 6.92 Å². The molecule has 0 saturated heterocycles. The van der Waals surface area contributed by atoms with Crippen LogP contribution in [-0.2, 0) is 21.0 Å². The first-order valence-electron chi connectivity index (χ1n) is 7.60. The molecule has 1 amide bonds. The molecule has 1 aromatic carbocycles. The van der Waals surface area contributed by atoms with Crippen LogP contribution in [0.15, 0.2) is 41.8 Å². The van der Waals surface area contributed by atoms with E-state index in [0.717, 1.165) is 12.1 Å². The molecule has 140 valence electrons. The number of amides is 1. The molecule has 0 radical (unpaired) electrons. The largest absolute Gasteiger partial charge is 0.417 e. The highest BCUT2D eigenvalue weighted by Gasteiger charge is 2.39. The van der Waals surface area contributed by atoms with E-state index in [0.29, 0.717) is 16.8 Å². The fraction of sp³-hybridized carbons (Fsp3) is 0.438. The minimum Gasteiger partial charge on any atom is -0.353 e. The van der Waals surface area contributed by atoms with Gasteiger partial charge in [-0.3, -0.25) is 4.79 Å². The van der Waals surface area contributed by atoms with Crippen molar-refractivity contribution in [2.75, 3.05) is 13.1 Å². The Morgan fingerprint density at radius 2 is 1.96 bits per heavy atom. The molecule has 1 atom stereocenters. The molecule has 9 heteroatoms. The summed E-state index contributed by atoms with van der Waals surface area (Å²) in [5.74, 6) is -0.593. The Morgan fingerprint density at radius 3 is 2.48 bits per heavy atom. The van der Waals surface area contributed by atoms with Crippen molar-refractivity contribution in [1.29, 1.82) is 0 Å². The van der Waals surface area contributed by atoms with E-state index in [4.69, 9.17) is 0 Å². The van der Waals surface area contributed by atoms with Crippen molar-refractivity contribution >= 4 is 15.9 Å². The van der Waals surface area contributed by atoms with Gasteiger partial charge in [0, 0.05) is 12.6 Å². The summed E-state index contributed by atoms with van der Waals surface area (Å²) in [6.07, 6.45) is -2.98. The van der Waals surface area contributed by atoms with Crippen LogP contribution in [-0.4, -0.2) is 37.8 Å². The van der Waals surface area contributed by atoms with Gasteiger partial charge in [0.25, 0.3) is 0 Å². The number of carbonyl (C=O) groups excluding carboxylic acids is 1. The van der Waals surface area contributed by atoms with Gasteiger partial charge in [-0.2, -0.15) is 17.5 Å². The Bertz CT molecular complexity index is 718. The number of alkyl halides is 3. The van der Waals surface area contributed by atoms with Crippen molar-refractivity contribution in [3.8, 4) is 0 Å². The lowest BCUT2D eigenvalue weighted by molar-refractivity contribution is -0.139. The van der Waals surface area contributed by atoms with Crippen LogP contribution in [0.25, 0.3) is 0 Å². The third-order valence-electron chi connectivity index (χ3n) is 3.48. The Morgan fingerprint density at radius 1 is 1.36 bits per heavy atom. The van der Waals surface area contributed by atoms with Crippen molar-refractivity contribution in [2.24, 2.45) is 0 Å². The van der Waals surface area contributed by atoms with Crippen LogP contribution in [0.3, 0.4) is 0 Å². The van der Waals surface area contributed by atoms with Gasteiger partial charge in [-0.15, -0.1) is 6.58 Å². The molecule has 25 heavy (non-hydrogen) atoms. The van der Waals surface area contributed by atoms with Crippen molar-refractivity contribution in [3.05, 3.63) is 42.5 Å². The van der Waals surface area contributed by atoms with Crippen LogP contribution in [0.4, 0.5) is 13.2 Å². The number of halogens is 3. The summed E-state index contributed by atoms with van der Waals surface area (Å²) in [6, 6.07) is 3.70. The lowest BCUT2D eigenvalue weighted by atomic mass is 10.2. The molecule has 0 heterocycles. The Hall–Kier alpha value is -1.87. The molecule has 1 unspecified atom stereocenters. The third-order valence-corrected chi connectivity index (χ3v) is 5.35. The SMILES string of the molecule is C=CCN(CC(=O)NC(C)CC)S(=O)(=O)c1ccccc1C(F)(F)F. The molecule has 0 fully saturated rings. The number of rotatable bonds is 8. The Balaban J connectivity index is 3.23. The van der Waals surface area contributed by atoms with Crippen LogP contribution in [0.5, 0.6) is 0 Å². The number of carbonyl (C=O) groups is 1. The average molecular weight is 378 g/mol. The minimum atomic E-state index is -4.83. The molecule has 1 rings (SSSR count). The zero-order valence-corrected chi connectivity index (χ0v) is 14.8. The predicted octanol–water partition coefficient (Wildman–Crippen LogP) is 2.80. The van der Waals surface area contributed by atoms with Gasteiger partial charge in [0.15, 0.2) is 0 Å². The molecule has 0 aromatic heterocycles. The van der Waals surface area contributed by atoms with Crippen molar-refractivity contribution in [1.82, 2.24) is 9.62 Å².